The van der Waals surface area contributed by atoms with Gasteiger partial charge in [-0.3, -0.25) is 0 Å². The molecule has 0 saturated carbocycles. The molecule has 0 N–H and O–H groups in total. The molecule has 1 unspecified atom stereocenters. The fraction of sp³-hybridized carbons (Fsp3) is 0.714. The van der Waals surface area contributed by atoms with Crippen LogP contribution in [0.25, 0.3) is 0 Å². The molecule has 1 fully saturated rings. The summed E-state index contributed by atoms with van der Waals surface area (Å²) in [6.45, 7) is 4.44. The van der Waals surface area contributed by atoms with Crippen molar-refractivity contribution < 1.29 is 4.43 Å². The molecule has 1 atom stereocenters. The van der Waals surface area contributed by atoms with Crippen LogP contribution in [0.1, 0.15) is 12.8 Å². The van der Waals surface area contributed by atoms with E-state index < -0.39 is 8.97 Å². The lowest BCUT2D eigenvalue weighted by atomic mass is 10.4. The van der Waals surface area contributed by atoms with Crippen LogP contribution in [0.15, 0.2) is 12.7 Å². The molecular weight excluding hydrogens is 128 g/mol. The quantitative estimate of drug-likeness (QED) is 0.422. The van der Waals surface area contributed by atoms with Gasteiger partial charge in [0, 0.05) is 7.84 Å². The van der Waals surface area contributed by atoms with Crippen LogP contribution in [0.5, 0.6) is 0 Å². The van der Waals surface area contributed by atoms with Crippen molar-refractivity contribution in [2.45, 2.75) is 24.9 Å². The average Bonchev–Trinajstić information content (AvgIpc) is 1.89. The minimum Gasteiger partial charge on any atom is -0.420 e. The average molecular weight is 143 g/mol. The Hall–Kier alpha value is -0.0831. The first-order valence-corrected chi connectivity index (χ1v) is 5.34. The maximum Gasteiger partial charge on any atom is 0.180 e. The molecule has 0 amide bonds. The van der Waals surface area contributed by atoms with Gasteiger partial charge in [-0.15, -0.1) is 6.58 Å². The van der Waals surface area contributed by atoms with Crippen LogP contribution in [0.3, 0.4) is 0 Å². The van der Waals surface area contributed by atoms with Gasteiger partial charge in [0.1, 0.15) is 0 Å². The van der Waals surface area contributed by atoms with Gasteiger partial charge in [0.25, 0.3) is 0 Å². The van der Waals surface area contributed by atoms with E-state index in [-0.39, 0.29) is 0 Å². The zero-order valence-electron chi connectivity index (χ0n) is 6.73. The van der Waals surface area contributed by atoms with E-state index in [1.54, 1.807) is 0 Å². The Morgan fingerprint density at radius 1 is 1.78 bits per heavy atom. The normalized spacial score (nSPS) is 37.6. The standard InChI is InChI=1S/C7H14OSi/c1-2-6-9-7-4-3-5-8-9/h2,9H,1,3-7H2/i9D. The summed E-state index contributed by atoms with van der Waals surface area (Å²) in [6, 6.07) is 1.80. The Labute approximate surface area is 59.7 Å². The molecule has 0 spiro atoms. The van der Waals surface area contributed by atoms with E-state index >= 15 is 0 Å². The van der Waals surface area contributed by atoms with Crippen molar-refractivity contribution >= 4 is 8.97 Å². The van der Waals surface area contributed by atoms with E-state index in [2.05, 4.69) is 6.58 Å². The molecule has 1 rings (SSSR count). The highest BCUT2D eigenvalue weighted by molar-refractivity contribution is 6.52. The van der Waals surface area contributed by atoms with Crippen molar-refractivity contribution in [3.63, 3.8) is 0 Å². The molecule has 1 aliphatic rings. The predicted octanol–water partition coefficient (Wildman–Crippen LogP) is 1.71. The Morgan fingerprint density at radius 3 is 3.22 bits per heavy atom. The van der Waals surface area contributed by atoms with Gasteiger partial charge in [0.05, 0.1) is 0 Å². The molecule has 1 heterocycles. The van der Waals surface area contributed by atoms with E-state index in [1.807, 2.05) is 6.08 Å². The van der Waals surface area contributed by atoms with Crippen molar-refractivity contribution in [1.29, 1.82) is 1.23 Å². The van der Waals surface area contributed by atoms with Gasteiger partial charge < -0.3 is 4.43 Å². The second-order valence-electron chi connectivity index (χ2n) is 2.34. The SMILES string of the molecule is [2H][Si]1(CC=C)CCCCO1. The Balaban J connectivity index is 2.39. The third-order valence-electron chi connectivity index (χ3n) is 1.53. The van der Waals surface area contributed by atoms with E-state index in [0.717, 1.165) is 25.1 Å². The topological polar surface area (TPSA) is 9.23 Å². The van der Waals surface area contributed by atoms with Crippen molar-refractivity contribution in [3.05, 3.63) is 12.7 Å². The molecule has 2 heteroatoms. The highest BCUT2D eigenvalue weighted by Gasteiger charge is 2.13. The fourth-order valence-corrected chi connectivity index (χ4v) is 2.90. The van der Waals surface area contributed by atoms with E-state index in [0.29, 0.717) is 0 Å². The Kier molecular flexibility index (Phi) is 2.43. The van der Waals surface area contributed by atoms with Gasteiger partial charge in [-0.2, -0.15) is 0 Å². The van der Waals surface area contributed by atoms with E-state index in [1.165, 1.54) is 6.42 Å². The van der Waals surface area contributed by atoms with Crippen LogP contribution in [0, 0.1) is 0 Å². The number of hydrogen-bond donors (Lipinski definition) is 0. The first-order valence-electron chi connectivity index (χ1n) is 4.02. The van der Waals surface area contributed by atoms with Crippen LogP contribution in [-0.2, 0) is 4.43 Å². The zero-order chi connectivity index (χ0) is 7.45. The van der Waals surface area contributed by atoms with Crippen LogP contribution < -0.4 is 0 Å². The van der Waals surface area contributed by atoms with E-state index in [4.69, 9.17) is 5.66 Å². The van der Waals surface area contributed by atoms with Crippen LogP contribution in [0.2, 0.25) is 12.1 Å². The second kappa shape index (κ2) is 3.85. The molecule has 9 heavy (non-hydrogen) atoms. The minimum absolute atomic E-state index is 0.799. The van der Waals surface area contributed by atoms with Crippen molar-refractivity contribution in [2.24, 2.45) is 0 Å². The summed E-state index contributed by atoms with van der Waals surface area (Å²) in [4.78, 5) is 0. The number of rotatable bonds is 2. The number of allylic oxidation sites excluding steroid dienone is 1. The predicted molar refractivity (Wildman–Crippen MR) is 42.1 cm³/mol. The van der Waals surface area contributed by atoms with Crippen molar-refractivity contribution in [2.75, 3.05) is 6.61 Å². The molecule has 0 radical (unpaired) electrons. The van der Waals surface area contributed by atoms with E-state index in [9.17, 15) is 0 Å². The lowest BCUT2D eigenvalue weighted by Gasteiger charge is -2.19. The summed E-state index contributed by atoms with van der Waals surface area (Å²) >= 11 is 0. The van der Waals surface area contributed by atoms with Gasteiger partial charge in [0.15, 0.2) is 8.97 Å². The summed E-state index contributed by atoms with van der Waals surface area (Å²) in [6.07, 6.45) is 4.15. The maximum atomic E-state index is 7.87. The van der Waals surface area contributed by atoms with Gasteiger partial charge in [0.2, 0.25) is 0 Å². The van der Waals surface area contributed by atoms with Gasteiger partial charge in [-0.1, -0.05) is 12.5 Å². The molecule has 1 saturated heterocycles. The summed E-state index contributed by atoms with van der Waals surface area (Å²) in [5.74, 6) is 0. The molecule has 1 aliphatic heterocycles. The second-order valence-corrected chi connectivity index (χ2v) is 4.61. The Morgan fingerprint density at radius 2 is 2.67 bits per heavy atom. The lowest BCUT2D eigenvalue weighted by Crippen LogP contribution is -2.21. The van der Waals surface area contributed by atoms with Crippen LogP contribution in [-0.4, -0.2) is 16.8 Å². The first kappa shape index (κ1) is 5.68. The van der Waals surface area contributed by atoms with Gasteiger partial charge in [-0.25, -0.2) is 0 Å². The third kappa shape index (κ3) is 2.33. The summed E-state index contributed by atoms with van der Waals surface area (Å²) in [5, 5.41) is 0. The lowest BCUT2D eigenvalue weighted by molar-refractivity contribution is 0.288. The first-order chi connectivity index (χ1) is 4.77. The largest absolute Gasteiger partial charge is 0.420 e. The molecule has 0 aromatic rings. The maximum absolute atomic E-state index is 7.87. The molecule has 0 aromatic heterocycles. The molecule has 1 nitrogen and oxygen atoms in total. The molecule has 52 valence electrons. The highest BCUT2D eigenvalue weighted by Crippen LogP contribution is 2.13. The molecule has 0 bridgehead atoms. The monoisotopic (exact) mass is 143 g/mol. The fourth-order valence-electron chi connectivity index (χ4n) is 1.03. The Bertz CT molecular complexity index is 121. The third-order valence-corrected chi connectivity index (χ3v) is 3.80. The highest BCUT2D eigenvalue weighted by atomic mass is 28.3. The van der Waals surface area contributed by atoms with Crippen LogP contribution >= 0.6 is 0 Å². The van der Waals surface area contributed by atoms with Gasteiger partial charge >= 0.3 is 0 Å². The molecule has 0 aliphatic carbocycles. The minimum atomic E-state index is -2.00. The summed E-state index contributed by atoms with van der Waals surface area (Å²) in [5.41, 5.74) is 0. The smallest absolute Gasteiger partial charge is 0.180 e. The van der Waals surface area contributed by atoms with Crippen molar-refractivity contribution in [1.82, 2.24) is 0 Å². The van der Waals surface area contributed by atoms with Crippen LogP contribution in [0.4, 0.5) is 0 Å². The van der Waals surface area contributed by atoms with Crippen molar-refractivity contribution in [3.8, 4) is 0 Å². The molecule has 0 aromatic carbocycles. The number of hydrogen-bond acceptors (Lipinski definition) is 1. The zero-order valence-corrected chi connectivity index (χ0v) is 6.73. The summed E-state index contributed by atoms with van der Waals surface area (Å²) < 4.78 is 13.3. The molecular formula is C7H14OSi. The van der Waals surface area contributed by atoms with Gasteiger partial charge in [-0.05, 0) is 18.5 Å². The summed E-state index contributed by atoms with van der Waals surface area (Å²) in [7, 11) is -2.00.